The van der Waals surface area contributed by atoms with Gasteiger partial charge in [0.05, 0.1) is 19.3 Å². The summed E-state index contributed by atoms with van der Waals surface area (Å²) < 4.78 is 5.51. The van der Waals surface area contributed by atoms with Crippen molar-refractivity contribution >= 4 is 11.6 Å². The number of guanidine groups is 1. The molecule has 0 atom stereocenters. The number of aliphatic imine (C=N–C) groups is 1. The molecule has 26 heavy (non-hydrogen) atoms. The number of para-hydroxylation sites is 2. The Morgan fingerprint density at radius 1 is 1.23 bits per heavy atom. The van der Waals surface area contributed by atoms with E-state index in [0.29, 0.717) is 6.04 Å². The smallest absolute Gasteiger partial charge is 0.194 e. The van der Waals surface area contributed by atoms with E-state index >= 15 is 0 Å². The van der Waals surface area contributed by atoms with Crippen LogP contribution in [-0.4, -0.2) is 81.8 Å². The van der Waals surface area contributed by atoms with Crippen LogP contribution < -0.4 is 15.0 Å². The van der Waals surface area contributed by atoms with E-state index in [9.17, 15) is 0 Å². The summed E-state index contributed by atoms with van der Waals surface area (Å²) in [6.07, 6.45) is 0. The Bertz CT molecular complexity index is 567. The Labute approximate surface area is 158 Å². The van der Waals surface area contributed by atoms with Crippen molar-refractivity contribution in [3.63, 3.8) is 0 Å². The van der Waals surface area contributed by atoms with Gasteiger partial charge in [-0.05, 0) is 40.0 Å². The second-order valence-electron chi connectivity index (χ2n) is 6.96. The van der Waals surface area contributed by atoms with Crippen LogP contribution in [0.15, 0.2) is 29.3 Å². The summed E-state index contributed by atoms with van der Waals surface area (Å²) in [7, 11) is 3.89. The summed E-state index contributed by atoms with van der Waals surface area (Å²) in [5.41, 5.74) is 1.18. The van der Waals surface area contributed by atoms with Crippen molar-refractivity contribution in [2.75, 3.05) is 64.9 Å². The van der Waals surface area contributed by atoms with Crippen molar-refractivity contribution < 1.29 is 4.74 Å². The fraction of sp³-hybridized carbons (Fsp3) is 0.650. The molecule has 2 rings (SSSR count). The monoisotopic (exact) mass is 361 g/mol. The molecule has 1 aliphatic rings. The zero-order valence-electron chi connectivity index (χ0n) is 17.0. The van der Waals surface area contributed by atoms with E-state index in [4.69, 9.17) is 9.73 Å². The molecule has 146 valence electrons. The van der Waals surface area contributed by atoms with Crippen molar-refractivity contribution in [3.8, 4) is 5.75 Å². The maximum Gasteiger partial charge on any atom is 0.194 e. The molecule has 0 aliphatic carbocycles. The second-order valence-corrected chi connectivity index (χ2v) is 6.96. The van der Waals surface area contributed by atoms with Gasteiger partial charge in [0.25, 0.3) is 0 Å². The number of nitrogens with one attached hydrogen (secondary N) is 1. The lowest BCUT2D eigenvalue weighted by Crippen LogP contribution is -2.52. The number of methoxy groups -OCH3 is 1. The summed E-state index contributed by atoms with van der Waals surface area (Å²) in [6, 6.07) is 8.80. The van der Waals surface area contributed by atoms with Gasteiger partial charge in [0.2, 0.25) is 0 Å². The third-order valence-corrected chi connectivity index (χ3v) is 4.94. The Hall–Kier alpha value is -1.95. The first kappa shape index (κ1) is 20.4. The fourth-order valence-electron chi connectivity index (χ4n) is 3.05. The van der Waals surface area contributed by atoms with Crippen LogP contribution in [0.2, 0.25) is 0 Å². The molecule has 0 radical (unpaired) electrons. The minimum Gasteiger partial charge on any atom is -0.495 e. The highest BCUT2D eigenvalue weighted by Crippen LogP contribution is 2.28. The molecule has 0 amide bonds. The van der Waals surface area contributed by atoms with Gasteiger partial charge in [-0.2, -0.15) is 0 Å². The molecular weight excluding hydrogens is 326 g/mol. The summed E-state index contributed by atoms with van der Waals surface area (Å²) in [4.78, 5) is 11.9. The maximum atomic E-state index is 5.51. The van der Waals surface area contributed by atoms with Gasteiger partial charge >= 0.3 is 0 Å². The Kier molecular flexibility index (Phi) is 8.04. The van der Waals surface area contributed by atoms with Gasteiger partial charge in [-0.1, -0.05) is 12.1 Å². The predicted molar refractivity (Wildman–Crippen MR) is 111 cm³/mol. The topological polar surface area (TPSA) is 43.3 Å². The van der Waals surface area contributed by atoms with Crippen LogP contribution >= 0.6 is 0 Å². The van der Waals surface area contributed by atoms with Crippen molar-refractivity contribution in [2.24, 2.45) is 4.99 Å². The van der Waals surface area contributed by atoms with Crippen LogP contribution in [0.5, 0.6) is 5.75 Å². The lowest BCUT2D eigenvalue weighted by atomic mass is 10.2. The number of likely N-dealkylation sites (N-methyl/N-ethyl adjacent to an activating group) is 1. The number of anilines is 1. The fourth-order valence-corrected chi connectivity index (χ4v) is 3.05. The van der Waals surface area contributed by atoms with Crippen LogP contribution in [0.25, 0.3) is 0 Å². The van der Waals surface area contributed by atoms with Crippen molar-refractivity contribution in [1.82, 2.24) is 15.1 Å². The SMILES string of the molecule is CCNC(=NCCN(C)C(C)C)N1CCN(c2ccccc2OC)CC1. The van der Waals surface area contributed by atoms with E-state index in [-0.39, 0.29) is 0 Å². The maximum absolute atomic E-state index is 5.51. The number of hydrogen-bond acceptors (Lipinski definition) is 4. The lowest BCUT2D eigenvalue weighted by Gasteiger charge is -2.38. The minimum atomic E-state index is 0.553. The first-order chi connectivity index (χ1) is 12.6. The predicted octanol–water partition coefficient (Wildman–Crippen LogP) is 2.12. The van der Waals surface area contributed by atoms with Gasteiger partial charge < -0.3 is 24.8 Å². The molecule has 0 unspecified atom stereocenters. The molecule has 6 nitrogen and oxygen atoms in total. The molecule has 1 N–H and O–H groups in total. The third-order valence-electron chi connectivity index (χ3n) is 4.94. The zero-order valence-corrected chi connectivity index (χ0v) is 17.0. The van der Waals surface area contributed by atoms with Crippen LogP contribution in [0.1, 0.15) is 20.8 Å². The molecule has 0 saturated carbocycles. The summed E-state index contributed by atoms with van der Waals surface area (Å²) in [6.45, 7) is 13.1. The highest BCUT2D eigenvalue weighted by molar-refractivity contribution is 5.80. The minimum absolute atomic E-state index is 0.553. The molecule has 1 fully saturated rings. The van der Waals surface area contributed by atoms with Gasteiger partial charge in [-0.3, -0.25) is 4.99 Å². The zero-order chi connectivity index (χ0) is 18.9. The summed E-state index contributed by atoms with van der Waals surface area (Å²) in [5.74, 6) is 1.97. The number of rotatable bonds is 7. The standard InChI is InChI=1S/C20H35N5O/c1-6-21-20(22-11-12-23(4)17(2)3)25-15-13-24(14-16-25)18-9-7-8-10-19(18)26-5/h7-10,17H,6,11-16H2,1-5H3,(H,21,22). The Balaban J connectivity index is 1.94. The molecule has 1 heterocycles. The van der Waals surface area contributed by atoms with Gasteiger partial charge in [-0.25, -0.2) is 0 Å². The van der Waals surface area contributed by atoms with Crippen LogP contribution in [0.4, 0.5) is 5.69 Å². The largest absolute Gasteiger partial charge is 0.495 e. The normalized spacial score (nSPS) is 15.7. The van der Waals surface area contributed by atoms with Crippen LogP contribution in [0, 0.1) is 0 Å². The average Bonchev–Trinajstić information content (AvgIpc) is 2.67. The molecule has 0 aromatic heterocycles. The molecule has 1 aromatic rings. The molecule has 6 heteroatoms. The average molecular weight is 362 g/mol. The van der Waals surface area contributed by atoms with Crippen molar-refractivity contribution in [3.05, 3.63) is 24.3 Å². The van der Waals surface area contributed by atoms with Gasteiger partial charge in [-0.15, -0.1) is 0 Å². The summed E-state index contributed by atoms with van der Waals surface area (Å²) >= 11 is 0. The van der Waals surface area contributed by atoms with E-state index in [2.05, 4.69) is 60.0 Å². The molecule has 1 aromatic carbocycles. The lowest BCUT2D eigenvalue weighted by molar-refractivity contribution is 0.281. The van der Waals surface area contributed by atoms with E-state index in [1.807, 2.05) is 12.1 Å². The highest BCUT2D eigenvalue weighted by atomic mass is 16.5. The number of piperazine rings is 1. The number of hydrogen-bond donors (Lipinski definition) is 1. The van der Waals surface area contributed by atoms with E-state index in [1.54, 1.807) is 7.11 Å². The van der Waals surface area contributed by atoms with Crippen molar-refractivity contribution in [1.29, 1.82) is 0 Å². The molecular formula is C20H35N5O. The number of ether oxygens (including phenoxy) is 1. The summed E-state index contributed by atoms with van der Waals surface area (Å²) in [5, 5.41) is 3.45. The molecule has 1 saturated heterocycles. The first-order valence-electron chi connectivity index (χ1n) is 9.68. The quantitative estimate of drug-likeness (QED) is 0.595. The Morgan fingerprint density at radius 3 is 2.54 bits per heavy atom. The van der Waals surface area contributed by atoms with E-state index in [1.165, 1.54) is 5.69 Å². The number of benzene rings is 1. The van der Waals surface area contributed by atoms with Crippen LogP contribution in [0.3, 0.4) is 0 Å². The Morgan fingerprint density at radius 2 is 1.92 bits per heavy atom. The molecule has 1 aliphatic heterocycles. The molecule has 0 spiro atoms. The number of nitrogens with zero attached hydrogens (tertiary/aromatic N) is 4. The third kappa shape index (κ3) is 5.53. The van der Waals surface area contributed by atoms with E-state index in [0.717, 1.165) is 57.5 Å². The van der Waals surface area contributed by atoms with Crippen molar-refractivity contribution in [2.45, 2.75) is 26.8 Å². The van der Waals surface area contributed by atoms with Crippen LogP contribution in [-0.2, 0) is 0 Å². The van der Waals surface area contributed by atoms with Gasteiger partial charge in [0.1, 0.15) is 5.75 Å². The highest BCUT2D eigenvalue weighted by Gasteiger charge is 2.21. The second kappa shape index (κ2) is 10.3. The van der Waals surface area contributed by atoms with Gasteiger partial charge in [0, 0.05) is 45.3 Å². The van der Waals surface area contributed by atoms with E-state index < -0.39 is 0 Å². The first-order valence-corrected chi connectivity index (χ1v) is 9.68. The van der Waals surface area contributed by atoms with Gasteiger partial charge in [0.15, 0.2) is 5.96 Å². The molecule has 0 bridgehead atoms.